The van der Waals surface area contributed by atoms with Crippen LogP contribution < -0.4 is 10.6 Å². The van der Waals surface area contributed by atoms with Crippen LogP contribution in [0.1, 0.15) is 19.4 Å². The minimum Gasteiger partial charge on any atom is -0.363 e. The highest BCUT2D eigenvalue weighted by Crippen LogP contribution is 2.05. The summed E-state index contributed by atoms with van der Waals surface area (Å²) in [5.41, 5.74) is 0.844. The molecule has 0 aliphatic rings. The number of ether oxygens (including phenoxy) is 2. The quantitative estimate of drug-likeness (QED) is 0.274. The molecule has 1 aromatic rings. The first-order valence-corrected chi connectivity index (χ1v) is 7.59. The summed E-state index contributed by atoms with van der Waals surface area (Å²) < 4.78 is 10.8. The van der Waals surface area contributed by atoms with Gasteiger partial charge in [-0.05, 0) is 25.5 Å². The van der Waals surface area contributed by atoms with Gasteiger partial charge in [-0.2, -0.15) is 0 Å². The number of hydrogen-bond donors (Lipinski definition) is 2. The summed E-state index contributed by atoms with van der Waals surface area (Å²) in [6, 6.07) is 3.44. The van der Waals surface area contributed by atoms with Gasteiger partial charge in [0.25, 0.3) is 6.20 Å². The maximum absolute atomic E-state index is 10.7. The Labute approximate surface area is 140 Å². The van der Waals surface area contributed by atoms with E-state index in [1.165, 1.54) is 0 Å². The Morgan fingerprint density at radius 3 is 2.61 bits per heavy atom. The van der Waals surface area contributed by atoms with Gasteiger partial charge in [0.15, 0.2) is 12.1 Å². The van der Waals surface area contributed by atoms with Gasteiger partial charge in [-0.15, -0.1) is 0 Å². The van der Waals surface area contributed by atoms with Crippen molar-refractivity contribution in [1.29, 1.82) is 0 Å². The zero-order valence-electron chi connectivity index (χ0n) is 13.1. The molecule has 0 fully saturated rings. The van der Waals surface area contributed by atoms with Crippen LogP contribution in [0.5, 0.6) is 0 Å². The molecule has 0 spiro atoms. The van der Waals surface area contributed by atoms with Crippen LogP contribution in [0.2, 0.25) is 5.15 Å². The summed E-state index contributed by atoms with van der Waals surface area (Å²) in [5.74, 6) is 0.259. The van der Waals surface area contributed by atoms with Crippen molar-refractivity contribution < 1.29 is 14.4 Å². The lowest BCUT2D eigenvalue weighted by Crippen LogP contribution is -2.35. The first kappa shape index (κ1) is 19.1. The molecule has 0 aromatic carbocycles. The summed E-state index contributed by atoms with van der Waals surface area (Å²) in [7, 11) is 0. The fraction of sp³-hybridized carbons (Fsp3) is 0.500. The van der Waals surface area contributed by atoms with Crippen LogP contribution in [-0.4, -0.2) is 36.0 Å². The van der Waals surface area contributed by atoms with Crippen LogP contribution in [0, 0.1) is 10.1 Å². The van der Waals surface area contributed by atoms with Gasteiger partial charge in [0.2, 0.25) is 0 Å². The molecule has 0 bridgehead atoms. The van der Waals surface area contributed by atoms with E-state index in [2.05, 4.69) is 15.6 Å². The average molecular weight is 345 g/mol. The molecule has 2 N–H and O–H groups in total. The molecule has 128 valence electrons. The number of pyridine rings is 1. The highest BCUT2D eigenvalue weighted by Gasteiger charge is 2.10. The van der Waals surface area contributed by atoms with Crippen LogP contribution >= 0.6 is 11.6 Å². The topological polar surface area (TPSA) is 98.5 Å². The molecule has 8 nitrogen and oxygen atoms in total. The molecule has 1 heterocycles. The Morgan fingerprint density at radius 1 is 1.39 bits per heavy atom. The average Bonchev–Trinajstić information content (AvgIpc) is 2.51. The van der Waals surface area contributed by atoms with E-state index in [0.29, 0.717) is 24.9 Å². The second-order valence-electron chi connectivity index (χ2n) is 4.39. The summed E-state index contributed by atoms with van der Waals surface area (Å²) in [4.78, 5) is 14.1. The van der Waals surface area contributed by atoms with Gasteiger partial charge >= 0.3 is 0 Å². The molecule has 9 heteroatoms. The predicted molar refractivity (Wildman–Crippen MR) is 86.2 cm³/mol. The zero-order chi connectivity index (χ0) is 17.1. The number of aromatic nitrogens is 1. The third-order valence-electron chi connectivity index (χ3n) is 2.67. The monoisotopic (exact) mass is 344 g/mol. The number of nitrogens with one attached hydrogen (secondary N) is 2. The number of hydrogen-bond acceptors (Lipinski definition) is 7. The minimum absolute atomic E-state index is 0.259. The third kappa shape index (κ3) is 8.34. The van der Waals surface area contributed by atoms with Gasteiger partial charge in [0.05, 0.1) is 11.5 Å². The lowest BCUT2D eigenvalue weighted by atomic mass is 10.3. The van der Waals surface area contributed by atoms with Gasteiger partial charge < -0.3 is 20.1 Å². The van der Waals surface area contributed by atoms with Crippen molar-refractivity contribution in [3.05, 3.63) is 51.2 Å². The first-order valence-electron chi connectivity index (χ1n) is 7.21. The Kier molecular flexibility index (Phi) is 8.96. The zero-order valence-corrected chi connectivity index (χ0v) is 13.9. The van der Waals surface area contributed by atoms with Gasteiger partial charge in [-0.1, -0.05) is 17.7 Å². The number of nitrogens with zero attached hydrogens (tertiary/aromatic N) is 2. The van der Waals surface area contributed by atoms with Crippen LogP contribution in [0.4, 0.5) is 0 Å². The molecule has 0 unspecified atom stereocenters. The summed E-state index contributed by atoms with van der Waals surface area (Å²) in [6.45, 7) is 5.34. The van der Waals surface area contributed by atoms with E-state index in [1.807, 2.05) is 13.8 Å². The van der Waals surface area contributed by atoms with Gasteiger partial charge in [0.1, 0.15) is 5.15 Å². The van der Waals surface area contributed by atoms with Crippen LogP contribution in [0.15, 0.2) is 30.4 Å². The second-order valence-corrected chi connectivity index (χ2v) is 4.78. The normalized spacial score (nSPS) is 11.6. The molecule has 23 heavy (non-hydrogen) atoms. The Balaban J connectivity index is 2.58. The molecule has 0 aliphatic heterocycles. The Bertz CT molecular complexity index is 504. The number of nitro groups is 1. The summed E-state index contributed by atoms with van der Waals surface area (Å²) in [5, 5.41) is 17.0. The van der Waals surface area contributed by atoms with E-state index >= 15 is 0 Å². The molecule has 0 saturated heterocycles. The van der Waals surface area contributed by atoms with Crippen molar-refractivity contribution in [3.63, 3.8) is 0 Å². The smallest absolute Gasteiger partial charge is 0.274 e. The van der Waals surface area contributed by atoms with Crippen molar-refractivity contribution in [2.75, 3.05) is 19.8 Å². The molecule has 1 aromatic heterocycles. The lowest BCUT2D eigenvalue weighted by molar-refractivity contribution is -0.404. The van der Waals surface area contributed by atoms with Crippen molar-refractivity contribution in [1.82, 2.24) is 15.6 Å². The second kappa shape index (κ2) is 10.8. The molecular formula is C14H21ClN4O4. The van der Waals surface area contributed by atoms with E-state index in [1.54, 1.807) is 18.3 Å². The largest absolute Gasteiger partial charge is 0.363 e. The summed E-state index contributed by atoms with van der Waals surface area (Å²) in [6.07, 6.45) is 1.99. The van der Waals surface area contributed by atoms with Crippen molar-refractivity contribution in [3.8, 4) is 0 Å². The molecule has 0 saturated carbocycles. The highest BCUT2D eigenvalue weighted by atomic mass is 35.5. The van der Waals surface area contributed by atoms with E-state index < -0.39 is 11.2 Å². The maximum atomic E-state index is 10.7. The van der Waals surface area contributed by atoms with Crippen molar-refractivity contribution in [2.45, 2.75) is 26.7 Å². The molecule has 0 radical (unpaired) electrons. The standard InChI is InChI=1S/C14H21ClN4O4/c1-3-22-14(23-4-2)9-18-13(10-19(20)21)17-8-11-5-6-12(15)16-7-11/h5-7,10,14,17-18H,3-4,8-9H2,1-2H3/b13-10+. The van der Waals surface area contributed by atoms with Crippen LogP contribution in [-0.2, 0) is 16.0 Å². The van der Waals surface area contributed by atoms with Gasteiger partial charge in [0, 0.05) is 26.0 Å². The predicted octanol–water partition coefficient (Wildman–Crippen LogP) is 1.89. The molecule has 0 aliphatic carbocycles. The fourth-order valence-corrected chi connectivity index (χ4v) is 1.81. The third-order valence-corrected chi connectivity index (χ3v) is 2.89. The Morgan fingerprint density at radius 2 is 2.09 bits per heavy atom. The maximum Gasteiger partial charge on any atom is 0.274 e. The van der Waals surface area contributed by atoms with Gasteiger partial charge in [-0.3, -0.25) is 10.1 Å². The molecular weight excluding hydrogens is 324 g/mol. The molecule has 0 amide bonds. The van der Waals surface area contributed by atoms with Crippen LogP contribution in [0.3, 0.4) is 0 Å². The fourth-order valence-electron chi connectivity index (χ4n) is 1.70. The van der Waals surface area contributed by atoms with E-state index in [9.17, 15) is 10.1 Å². The summed E-state index contributed by atoms with van der Waals surface area (Å²) >= 11 is 5.71. The molecule has 1 rings (SSSR count). The van der Waals surface area contributed by atoms with Gasteiger partial charge in [-0.25, -0.2) is 4.98 Å². The number of halogens is 1. The van der Waals surface area contributed by atoms with Crippen molar-refractivity contribution >= 4 is 11.6 Å². The SMILES string of the molecule is CCOC(CN/C(=C/[N+](=O)[O-])NCc1ccc(Cl)nc1)OCC. The first-order chi connectivity index (χ1) is 11.0. The van der Waals surface area contributed by atoms with E-state index in [-0.39, 0.29) is 12.4 Å². The lowest BCUT2D eigenvalue weighted by Gasteiger charge is -2.19. The minimum atomic E-state index is -0.536. The van der Waals surface area contributed by atoms with E-state index in [0.717, 1.165) is 11.8 Å². The van der Waals surface area contributed by atoms with E-state index in [4.69, 9.17) is 21.1 Å². The highest BCUT2D eigenvalue weighted by molar-refractivity contribution is 6.29. The van der Waals surface area contributed by atoms with Crippen LogP contribution in [0.25, 0.3) is 0 Å². The Hall–Kier alpha value is -1.90. The number of rotatable bonds is 11. The van der Waals surface area contributed by atoms with Crippen molar-refractivity contribution in [2.24, 2.45) is 0 Å². The molecule has 0 atom stereocenters.